The standard InChI is InChI=1S/C6H7.C5H5.C2H6Si.Zr/c1-6-4-2-3-5-6;1-2-4-5-3-1;1-3-2;/h2,4H,3H2,1H3;1-3H,4H2;1-2H3;/q2*-1;;+2. The maximum atomic E-state index is 3.12. The van der Waals surface area contributed by atoms with Crippen molar-refractivity contribution in [2.45, 2.75) is 32.9 Å². The van der Waals surface area contributed by atoms with Crippen LogP contribution >= 0.6 is 0 Å². The van der Waals surface area contributed by atoms with Gasteiger partial charge in [0.15, 0.2) is 0 Å². The van der Waals surface area contributed by atoms with Gasteiger partial charge in [0.1, 0.15) is 0 Å². The second-order valence-corrected chi connectivity index (χ2v) is 12.8. The number of hydrogen-bond acceptors (Lipinski definition) is 0. The zero-order valence-electron chi connectivity index (χ0n) is 9.80. The molecule has 0 amide bonds. The summed E-state index contributed by atoms with van der Waals surface area (Å²) in [5.41, 5.74) is 1.48. The van der Waals surface area contributed by atoms with Gasteiger partial charge in [0.2, 0.25) is 0 Å². The summed E-state index contributed by atoms with van der Waals surface area (Å²) in [6.45, 7) is 6.68. The zero-order valence-corrected chi connectivity index (χ0v) is 13.3. The summed E-state index contributed by atoms with van der Waals surface area (Å²) in [7, 11) is 0. The molecule has 2 heteroatoms. The maximum absolute atomic E-state index is 3.12. The van der Waals surface area contributed by atoms with Crippen molar-refractivity contribution in [1.82, 2.24) is 0 Å². The van der Waals surface area contributed by atoms with E-state index in [0.717, 1.165) is 12.8 Å². The average Bonchev–Trinajstić information content (AvgIpc) is 2.75. The molecule has 0 saturated carbocycles. The van der Waals surface area contributed by atoms with Crippen LogP contribution in [-0.2, 0) is 23.3 Å². The molecule has 0 aromatic heterocycles. The Morgan fingerprint density at radius 2 is 1.93 bits per heavy atom. The Hall–Kier alpha value is 0.0600. The molecule has 15 heavy (non-hydrogen) atoms. The molecule has 2 rings (SSSR count). The first-order valence-electron chi connectivity index (χ1n) is 5.10. The third kappa shape index (κ3) is 14.1. The smallest absolute Gasteiger partial charge is 0.109 e. The first-order chi connectivity index (χ1) is 7.13. The van der Waals surface area contributed by atoms with Crippen LogP contribution in [0.1, 0.15) is 19.8 Å². The summed E-state index contributed by atoms with van der Waals surface area (Å²) >= 11 is 1.74. The van der Waals surface area contributed by atoms with Crippen LogP contribution < -0.4 is 0 Å². The fourth-order valence-corrected chi connectivity index (χ4v) is 0.855. The van der Waals surface area contributed by atoms with Crippen molar-refractivity contribution in [2.75, 3.05) is 0 Å². The first-order valence-corrected chi connectivity index (χ1v) is 11.3. The molecule has 2 aliphatic rings. The van der Waals surface area contributed by atoms with Crippen LogP contribution in [0.2, 0.25) is 13.1 Å². The van der Waals surface area contributed by atoms with Gasteiger partial charge in [-0.05, 0) is 0 Å². The Kier molecular flexibility index (Phi) is 10.6. The Labute approximate surface area is 109 Å². The minimum absolute atomic E-state index is 0.210. The summed E-state index contributed by atoms with van der Waals surface area (Å²) in [4.78, 5) is 0. The summed E-state index contributed by atoms with van der Waals surface area (Å²) in [6, 6.07) is 0. The molecule has 78 valence electrons. The van der Waals surface area contributed by atoms with Gasteiger partial charge in [-0.1, -0.05) is 6.92 Å². The molecule has 0 radical (unpaired) electrons. The van der Waals surface area contributed by atoms with Gasteiger partial charge in [-0.3, -0.25) is 12.2 Å². The van der Waals surface area contributed by atoms with E-state index < -0.39 is 0 Å². The molecule has 0 fully saturated rings. The number of rotatable bonds is 0. The summed E-state index contributed by atoms with van der Waals surface area (Å²) in [5, 5.41) is 0. The largest absolute Gasteiger partial charge is 0.273 e. The maximum Gasteiger partial charge on any atom is -0.109 e. The Bertz CT molecular complexity index is 279. The minimum Gasteiger partial charge on any atom is -0.273 e. The third-order valence-electron chi connectivity index (χ3n) is 1.45. The quantitative estimate of drug-likeness (QED) is 0.471. The number of allylic oxidation sites excluding steroid dienone is 8. The number of hydrogen-bond donors (Lipinski definition) is 0. The monoisotopic (exact) mass is 292 g/mol. The summed E-state index contributed by atoms with van der Waals surface area (Å²) < 4.78 is 0. The van der Waals surface area contributed by atoms with Crippen LogP contribution in [0.5, 0.6) is 0 Å². The van der Waals surface area contributed by atoms with Crippen molar-refractivity contribution >= 4 is 5.43 Å². The SMILES string of the molecule is CC1=[C-]CC=C1.C[Si](C)=[Zr+2].[C-]1=CC=CC1. The molecule has 0 nitrogen and oxygen atoms in total. The molecule has 0 aromatic carbocycles. The van der Waals surface area contributed by atoms with E-state index in [9.17, 15) is 0 Å². The molecule has 0 heterocycles. The van der Waals surface area contributed by atoms with E-state index in [0.29, 0.717) is 0 Å². The normalized spacial score (nSPS) is 15.1. The van der Waals surface area contributed by atoms with Gasteiger partial charge in [-0.2, -0.15) is 12.2 Å². The van der Waals surface area contributed by atoms with Crippen molar-refractivity contribution in [3.05, 3.63) is 48.1 Å². The topological polar surface area (TPSA) is 0 Å². The molecular weight excluding hydrogens is 275 g/mol. The molecule has 0 atom stereocenters. The predicted octanol–water partition coefficient (Wildman–Crippen LogP) is 3.79. The fourth-order valence-electron chi connectivity index (χ4n) is 0.855. The van der Waals surface area contributed by atoms with E-state index in [1.165, 1.54) is 5.57 Å². The molecule has 2 aliphatic carbocycles. The Morgan fingerprint density at radius 3 is 2.07 bits per heavy atom. The van der Waals surface area contributed by atoms with Crippen LogP contribution in [0.3, 0.4) is 0 Å². The minimum atomic E-state index is 0.210. The summed E-state index contributed by atoms with van der Waals surface area (Å²) in [5.74, 6) is 0. The van der Waals surface area contributed by atoms with E-state index in [1.54, 1.807) is 23.3 Å². The molecule has 0 N–H and O–H groups in total. The van der Waals surface area contributed by atoms with Crippen molar-refractivity contribution < 1.29 is 23.3 Å². The molecule has 0 aliphatic heterocycles. The van der Waals surface area contributed by atoms with Gasteiger partial charge in [-0.25, -0.2) is 23.8 Å². The van der Waals surface area contributed by atoms with Gasteiger partial charge >= 0.3 is 41.9 Å². The van der Waals surface area contributed by atoms with Gasteiger partial charge in [0, 0.05) is 0 Å². The second-order valence-electron chi connectivity index (χ2n) is 3.47. The van der Waals surface area contributed by atoms with Gasteiger partial charge in [0.25, 0.3) is 0 Å². The van der Waals surface area contributed by atoms with E-state index in [1.807, 2.05) is 12.2 Å². The van der Waals surface area contributed by atoms with E-state index in [2.05, 4.69) is 50.4 Å². The van der Waals surface area contributed by atoms with Crippen LogP contribution in [-0.4, -0.2) is 5.43 Å². The van der Waals surface area contributed by atoms with Crippen molar-refractivity contribution in [2.24, 2.45) is 0 Å². The Morgan fingerprint density at radius 1 is 1.27 bits per heavy atom. The third-order valence-corrected chi connectivity index (χ3v) is 1.45. The van der Waals surface area contributed by atoms with E-state index >= 15 is 0 Å². The van der Waals surface area contributed by atoms with Crippen LogP contribution in [0.4, 0.5) is 0 Å². The predicted molar refractivity (Wildman–Crippen MR) is 65.2 cm³/mol. The first kappa shape index (κ1) is 15.1. The van der Waals surface area contributed by atoms with Crippen LogP contribution in [0, 0.1) is 12.2 Å². The molecular formula is C13H18SiZr. The van der Waals surface area contributed by atoms with Crippen molar-refractivity contribution in [3.8, 4) is 0 Å². The molecule has 0 saturated heterocycles. The molecule has 0 bridgehead atoms. The Balaban J connectivity index is 0.000000202. The van der Waals surface area contributed by atoms with Crippen molar-refractivity contribution in [1.29, 1.82) is 0 Å². The van der Waals surface area contributed by atoms with E-state index in [4.69, 9.17) is 0 Å². The van der Waals surface area contributed by atoms with Gasteiger partial charge < -0.3 is 0 Å². The zero-order chi connectivity index (χ0) is 11.5. The van der Waals surface area contributed by atoms with Crippen molar-refractivity contribution in [3.63, 3.8) is 0 Å². The molecule has 0 spiro atoms. The average molecular weight is 294 g/mol. The van der Waals surface area contributed by atoms with Crippen LogP contribution in [0.25, 0.3) is 0 Å². The van der Waals surface area contributed by atoms with E-state index in [-0.39, 0.29) is 5.43 Å². The van der Waals surface area contributed by atoms with Gasteiger partial charge in [0.05, 0.1) is 0 Å². The fraction of sp³-hybridized carbons (Fsp3) is 0.385. The van der Waals surface area contributed by atoms with Gasteiger partial charge in [-0.15, -0.1) is 12.8 Å². The summed E-state index contributed by atoms with van der Waals surface area (Å²) in [6.07, 6.45) is 18.3. The van der Waals surface area contributed by atoms with Crippen LogP contribution in [0.15, 0.2) is 36.0 Å². The second kappa shape index (κ2) is 10.6. The molecule has 0 unspecified atom stereocenters. The molecule has 0 aromatic rings.